The van der Waals surface area contributed by atoms with Crippen LogP contribution in [0.5, 0.6) is 0 Å². The summed E-state index contributed by atoms with van der Waals surface area (Å²) >= 11 is 1.63. The molecule has 1 atom stereocenters. The molecule has 0 saturated heterocycles. The van der Waals surface area contributed by atoms with Gasteiger partial charge < -0.3 is 10.6 Å². The summed E-state index contributed by atoms with van der Waals surface area (Å²) in [6.45, 7) is 1.74. The molecule has 2 aromatic carbocycles. The molecule has 0 heterocycles. The van der Waals surface area contributed by atoms with Gasteiger partial charge in [0.05, 0.1) is 5.69 Å². The number of thioether (sulfide) groups is 1. The Kier molecular flexibility index (Phi) is 5.22. The van der Waals surface area contributed by atoms with Gasteiger partial charge >= 0.3 is 0 Å². The molecule has 0 spiro atoms. The molecule has 0 aromatic heterocycles. The lowest BCUT2D eigenvalue weighted by Gasteiger charge is -2.16. The molecule has 0 radical (unpaired) electrons. The van der Waals surface area contributed by atoms with E-state index in [9.17, 15) is 9.18 Å². The van der Waals surface area contributed by atoms with E-state index in [4.69, 9.17) is 0 Å². The van der Waals surface area contributed by atoms with Crippen LogP contribution in [0.25, 0.3) is 0 Å². The summed E-state index contributed by atoms with van der Waals surface area (Å²) in [5.74, 6) is -0.725. The fraction of sp³-hybridized carbons (Fsp3) is 0.188. The maximum Gasteiger partial charge on any atom is 0.246 e. The Morgan fingerprint density at radius 2 is 1.95 bits per heavy atom. The van der Waals surface area contributed by atoms with Crippen molar-refractivity contribution in [2.75, 3.05) is 16.9 Å². The van der Waals surface area contributed by atoms with Crippen molar-refractivity contribution < 1.29 is 9.18 Å². The molecule has 110 valence electrons. The fourth-order valence-corrected chi connectivity index (χ4v) is 2.29. The Bertz CT molecular complexity index is 633. The van der Waals surface area contributed by atoms with Gasteiger partial charge in [0, 0.05) is 10.6 Å². The van der Waals surface area contributed by atoms with Gasteiger partial charge in [-0.1, -0.05) is 18.2 Å². The van der Waals surface area contributed by atoms with Crippen molar-refractivity contribution in [1.82, 2.24) is 0 Å². The van der Waals surface area contributed by atoms with Crippen LogP contribution in [0.2, 0.25) is 0 Å². The van der Waals surface area contributed by atoms with Crippen molar-refractivity contribution in [3.63, 3.8) is 0 Å². The molecule has 2 rings (SSSR count). The van der Waals surface area contributed by atoms with E-state index in [1.165, 1.54) is 12.1 Å². The topological polar surface area (TPSA) is 41.1 Å². The van der Waals surface area contributed by atoms with Crippen LogP contribution >= 0.6 is 11.8 Å². The Morgan fingerprint density at radius 3 is 2.67 bits per heavy atom. The van der Waals surface area contributed by atoms with Crippen molar-refractivity contribution in [3.05, 3.63) is 54.3 Å². The van der Waals surface area contributed by atoms with Crippen LogP contribution in [0.15, 0.2) is 53.4 Å². The molecule has 1 amide bonds. The first kappa shape index (κ1) is 15.4. The number of carbonyl (C=O) groups is 1. The van der Waals surface area contributed by atoms with Crippen LogP contribution in [-0.2, 0) is 4.79 Å². The first-order chi connectivity index (χ1) is 10.1. The number of carbonyl (C=O) groups excluding carboxylic acids is 1. The molecule has 2 N–H and O–H groups in total. The molecule has 0 unspecified atom stereocenters. The van der Waals surface area contributed by atoms with Crippen molar-refractivity contribution in [1.29, 1.82) is 0 Å². The Balaban J connectivity index is 2.01. The number of amides is 1. The second kappa shape index (κ2) is 7.13. The molecule has 0 aliphatic carbocycles. The molecule has 0 aliphatic heterocycles. The second-order valence-corrected chi connectivity index (χ2v) is 5.45. The lowest BCUT2D eigenvalue weighted by molar-refractivity contribution is -0.116. The zero-order chi connectivity index (χ0) is 15.2. The highest BCUT2D eigenvalue weighted by molar-refractivity contribution is 7.98. The lowest BCUT2D eigenvalue weighted by atomic mass is 10.2. The number of hydrogen-bond acceptors (Lipinski definition) is 3. The van der Waals surface area contributed by atoms with Crippen molar-refractivity contribution in [2.24, 2.45) is 0 Å². The zero-order valence-electron chi connectivity index (χ0n) is 11.9. The van der Waals surface area contributed by atoms with Crippen LogP contribution in [0.1, 0.15) is 6.92 Å². The highest BCUT2D eigenvalue weighted by Crippen LogP contribution is 2.20. The molecule has 21 heavy (non-hydrogen) atoms. The quantitative estimate of drug-likeness (QED) is 0.821. The van der Waals surface area contributed by atoms with Crippen molar-refractivity contribution in [2.45, 2.75) is 17.9 Å². The standard InChI is InChI=1S/C16H17FN2OS/c1-11(18-12-6-5-7-13(10-12)21-2)16(20)19-15-9-4-3-8-14(15)17/h3-11,18H,1-2H3,(H,19,20)/t11-/m0/s1. The Hall–Kier alpha value is -2.01. The minimum atomic E-state index is -0.471. The van der Waals surface area contributed by atoms with Crippen LogP contribution in [-0.4, -0.2) is 18.2 Å². The Labute approximate surface area is 127 Å². The van der Waals surface area contributed by atoms with Gasteiger partial charge in [-0.25, -0.2) is 4.39 Å². The predicted molar refractivity (Wildman–Crippen MR) is 86.3 cm³/mol. The molecule has 5 heteroatoms. The first-order valence-electron chi connectivity index (χ1n) is 6.56. The largest absolute Gasteiger partial charge is 0.374 e. The minimum Gasteiger partial charge on any atom is -0.374 e. The van der Waals surface area contributed by atoms with E-state index in [1.54, 1.807) is 30.8 Å². The number of para-hydroxylation sites is 1. The third kappa shape index (κ3) is 4.23. The maximum atomic E-state index is 13.5. The van der Waals surface area contributed by atoms with Crippen LogP contribution in [0.3, 0.4) is 0 Å². The number of anilines is 2. The molecule has 2 aromatic rings. The van der Waals surface area contributed by atoms with E-state index < -0.39 is 11.9 Å². The van der Waals surface area contributed by atoms with Crippen LogP contribution < -0.4 is 10.6 Å². The van der Waals surface area contributed by atoms with Gasteiger partial charge in [0.15, 0.2) is 0 Å². The van der Waals surface area contributed by atoms with Gasteiger partial charge in [-0.05, 0) is 43.5 Å². The molecule has 0 fully saturated rings. The third-order valence-corrected chi connectivity index (χ3v) is 3.70. The predicted octanol–water partition coefficient (Wildman–Crippen LogP) is 3.99. The number of nitrogens with one attached hydrogen (secondary N) is 2. The van der Waals surface area contributed by atoms with Gasteiger partial charge in [-0.15, -0.1) is 11.8 Å². The summed E-state index contributed by atoms with van der Waals surface area (Å²) in [4.78, 5) is 13.2. The maximum absolute atomic E-state index is 13.5. The smallest absolute Gasteiger partial charge is 0.246 e. The summed E-state index contributed by atoms with van der Waals surface area (Å²) in [5, 5.41) is 5.69. The molecule has 3 nitrogen and oxygen atoms in total. The van der Waals surface area contributed by atoms with E-state index in [2.05, 4.69) is 10.6 Å². The second-order valence-electron chi connectivity index (χ2n) is 4.57. The van der Waals surface area contributed by atoms with E-state index >= 15 is 0 Å². The fourth-order valence-electron chi connectivity index (χ4n) is 1.83. The van der Waals surface area contributed by atoms with Gasteiger partial charge in [0.2, 0.25) is 5.91 Å². The van der Waals surface area contributed by atoms with E-state index in [0.717, 1.165) is 10.6 Å². The van der Waals surface area contributed by atoms with E-state index in [1.807, 2.05) is 30.5 Å². The summed E-state index contributed by atoms with van der Waals surface area (Å²) in [6, 6.07) is 13.4. The highest BCUT2D eigenvalue weighted by Gasteiger charge is 2.14. The number of halogens is 1. The first-order valence-corrected chi connectivity index (χ1v) is 7.78. The Morgan fingerprint density at radius 1 is 1.19 bits per heavy atom. The summed E-state index contributed by atoms with van der Waals surface area (Å²) in [6.07, 6.45) is 1.99. The minimum absolute atomic E-state index is 0.189. The van der Waals surface area contributed by atoms with Gasteiger partial charge in [-0.3, -0.25) is 4.79 Å². The van der Waals surface area contributed by atoms with Gasteiger partial charge in [0.1, 0.15) is 11.9 Å². The molecular formula is C16H17FN2OS. The summed E-state index contributed by atoms with van der Waals surface area (Å²) in [5.41, 5.74) is 1.05. The number of rotatable bonds is 5. The van der Waals surface area contributed by atoms with Crippen molar-refractivity contribution >= 4 is 29.0 Å². The normalized spacial score (nSPS) is 11.8. The summed E-state index contributed by atoms with van der Waals surface area (Å²) < 4.78 is 13.5. The molecule has 0 bridgehead atoms. The van der Waals surface area contributed by atoms with E-state index in [0.29, 0.717) is 0 Å². The summed E-state index contributed by atoms with van der Waals surface area (Å²) in [7, 11) is 0. The van der Waals surface area contributed by atoms with Gasteiger partial charge in [-0.2, -0.15) is 0 Å². The average Bonchev–Trinajstić information content (AvgIpc) is 2.49. The monoisotopic (exact) mass is 304 g/mol. The zero-order valence-corrected chi connectivity index (χ0v) is 12.7. The lowest BCUT2D eigenvalue weighted by Crippen LogP contribution is -2.32. The van der Waals surface area contributed by atoms with Crippen molar-refractivity contribution in [3.8, 4) is 0 Å². The average molecular weight is 304 g/mol. The van der Waals surface area contributed by atoms with Crippen LogP contribution in [0, 0.1) is 5.82 Å². The molecule has 0 saturated carbocycles. The highest BCUT2D eigenvalue weighted by atomic mass is 32.2. The molecule has 0 aliphatic rings. The molecular weight excluding hydrogens is 287 g/mol. The number of benzene rings is 2. The number of hydrogen-bond donors (Lipinski definition) is 2. The third-order valence-electron chi connectivity index (χ3n) is 2.98. The van der Waals surface area contributed by atoms with E-state index in [-0.39, 0.29) is 11.6 Å². The SMILES string of the molecule is CSc1cccc(N[C@@H](C)C(=O)Nc2ccccc2F)c1. The van der Waals surface area contributed by atoms with Crippen LogP contribution in [0.4, 0.5) is 15.8 Å². The van der Waals surface area contributed by atoms with Gasteiger partial charge in [0.25, 0.3) is 0 Å².